The van der Waals surface area contributed by atoms with E-state index in [1.54, 1.807) is 11.3 Å². The molecule has 0 N–H and O–H groups in total. The lowest BCUT2D eigenvalue weighted by Gasteiger charge is -2.43. The summed E-state index contributed by atoms with van der Waals surface area (Å²) in [7, 11) is -1.78. The molecule has 1 aliphatic heterocycles. The first-order chi connectivity index (χ1) is 8.65. The third-order valence-corrected chi connectivity index (χ3v) is 8.44. The molecule has 100 valence electrons. The molecule has 2 rings (SSSR count). The van der Waals surface area contributed by atoms with E-state index in [2.05, 4.69) is 20.8 Å². The molecule has 0 bridgehead atoms. The maximum atomic E-state index is 11.7. The molecule has 1 aromatic heterocycles. The lowest BCUT2D eigenvalue weighted by atomic mass is 10.0. The highest BCUT2D eigenvalue weighted by atomic mass is 28.4. The Kier molecular flexibility index (Phi) is 3.92. The lowest BCUT2D eigenvalue weighted by Crippen LogP contribution is -2.53. The Morgan fingerprint density at radius 3 is 2.50 bits per heavy atom. The van der Waals surface area contributed by atoms with Crippen molar-refractivity contribution < 1.29 is 13.7 Å². The number of hydrogen-bond acceptors (Lipinski definition) is 3. The minimum Gasteiger partial charge on any atom is -0.467 e. The van der Waals surface area contributed by atoms with E-state index in [1.807, 2.05) is 12.1 Å². The summed E-state index contributed by atoms with van der Waals surface area (Å²) in [6.45, 7) is 6.47. The molecule has 1 amide bonds. The van der Waals surface area contributed by atoms with Crippen molar-refractivity contribution in [3.63, 3.8) is 0 Å². The van der Waals surface area contributed by atoms with Gasteiger partial charge in [-0.3, -0.25) is 4.79 Å². The molecular formula is C13H21NO3Si. The van der Waals surface area contributed by atoms with Crippen molar-refractivity contribution in [3.8, 4) is 0 Å². The Morgan fingerprint density at radius 2 is 2.06 bits per heavy atom. The highest BCUT2D eigenvalue weighted by Crippen LogP contribution is 2.38. The molecule has 1 saturated heterocycles. The molecule has 1 atom stereocenters. The van der Waals surface area contributed by atoms with E-state index in [1.165, 1.54) is 0 Å². The van der Waals surface area contributed by atoms with Gasteiger partial charge in [0.05, 0.1) is 12.7 Å². The first-order valence-corrected chi connectivity index (χ1v) is 9.23. The predicted molar refractivity (Wildman–Crippen MR) is 71.2 cm³/mol. The predicted octanol–water partition coefficient (Wildman–Crippen LogP) is 3.49. The van der Waals surface area contributed by atoms with Crippen LogP contribution in [-0.2, 0) is 9.32 Å². The van der Waals surface area contributed by atoms with E-state index in [4.69, 9.17) is 8.94 Å². The maximum Gasteiger partial charge on any atom is 0.248 e. The van der Waals surface area contributed by atoms with Crippen LogP contribution in [0.25, 0.3) is 0 Å². The van der Waals surface area contributed by atoms with Gasteiger partial charge in [-0.2, -0.15) is 0 Å². The Hall–Kier alpha value is -1.07. The number of hydroxylamine groups is 2. The monoisotopic (exact) mass is 267 g/mol. The van der Waals surface area contributed by atoms with Crippen LogP contribution in [0.5, 0.6) is 0 Å². The minimum absolute atomic E-state index is 0.0241. The van der Waals surface area contributed by atoms with Gasteiger partial charge < -0.3 is 8.94 Å². The van der Waals surface area contributed by atoms with Crippen LogP contribution in [0.2, 0.25) is 18.1 Å². The molecule has 18 heavy (non-hydrogen) atoms. The highest BCUT2D eigenvalue weighted by molar-refractivity contribution is 6.73. The average Bonchev–Trinajstić information content (AvgIpc) is 2.91. The normalized spacial score (nSPS) is 20.1. The van der Waals surface area contributed by atoms with Crippen LogP contribution < -0.4 is 0 Å². The molecule has 1 unspecified atom stereocenters. The largest absolute Gasteiger partial charge is 0.467 e. The van der Waals surface area contributed by atoms with E-state index in [0.717, 1.165) is 23.9 Å². The fourth-order valence-electron chi connectivity index (χ4n) is 2.36. The molecule has 0 aromatic carbocycles. The summed E-state index contributed by atoms with van der Waals surface area (Å²) in [5.41, 5.74) is 0. The molecule has 0 aliphatic carbocycles. The third kappa shape index (κ3) is 2.24. The van der Waals surface area contributed by atoms with Gasteiger partial charge in [0.2, 0.25) is 14.2 Å². The number of rotatable bonds is 6. The average molecular weight is 267 g/mol. The van der Waals surface area contributed by atoms with Crippen LogP contribution in [-0.4, -0.2) is 19.3 Å². The summed E-state index contributed by atoms with van der Waals surface area (Å²) in [4.78, 5) is 11.7. The van der Waals surface area contributed by atoms with Gasteiger partial charge in [-0.25, -0.2) is 5.06 Å². The fraction of sp³-hybridized carbons (Fsp3) is 0.615. The van der Waals surface area contributed by atoms with Crippen LogP contribution in [0.15, 0.2) is 22.8 Å². The number of hydrogen-bond donors (Lipinski definition) is 0. The van der Waals surface area contributed by atoms with Crippen molar-refractivity contribution in [3.05, 3.63) is 24.2 Å². The van der Waals surface area contributed by atoms with Crippen molar-refractivity contribution in [2.75, 3.05) is 0 Å². The van der Waals surface area contributed by atoms with Crippen molar-refractivity contribution in [2.45, 2.75) is 51.4 Å². The van der Waals surface area contributed by atoms with Crippen molar-refractivity contribution in [1.82, 2.24) is 5.06 Å². The first kappa shape index (κ1) is 13.4. The van der Waals surface area contributed by atoms with E-state index >= 15 is 0 Å². The topological polar surface area (TPSA) is 42.7 Å². The van der Waals surface area contributed by atoms with E-state index in [-0.39, 0.29) is 11.9 Å². The van der Waals surface area contributed by atoms with Crippen LogP contribution in [0.3, 0.4) is 0 Å². The summed E-state index contributed by atoms with van der Waals surface area (Å²) in [5.74, 6) is 0.893. The van der Waals surface area contributed by atoms with Crippen molar-refractivity contribution in [1.29, 1.82) is 0 Å². The Balaban J connectivity index is 2.09. The SMILES string of the molecule is CC[Si](CC)(CC)ON1C(=O)CC1c1ccco1. The standard InChI is InChI=1S/C13H21NO3Si/c1-4-18(5-2,6-3)17-14-11(10-13(14)15)12-8-7-9-16-12/h7-9,11H,4-6,10H2,1-3H3. The zero-order valence-corrected chi connectivity index (χ0v) is 12.3. The zero-order valence-electron chi connectivity index (χ0n) is 11.3. The Morgan fingerprint density at radius 1 is 1.39 bits per heavy atom. The van der Waals surface area contributed by atoms with Gasteiger partial charge in [0.1, 0.15) is 11.8 Å². The fourth-order valence-corrected chi connectivity index (χ4v) is 4.90. The maximum absolute atomic E-state index is 11.7. The van der Waals surface area contributed by atoms with Crippen LogP contribution in [0.4, 0.5) is 0 Å². The van der Waals surface area contributed by atoms with Crippen LogP contribution in [0, 0.1) is 0 Å². The molecule has 2 heterocycles. The Labute approximate surface area is 109 Å². The number of amides is 1. The van der Waals surface area contributed by atoms with E-state index < -0.39 is 8.32 Å². The second-order valence-electron chi connectivity index (χ2n) is 4.79. The van der Waals surface area contributed by atoms with Gasteiger partial charge >= 0.3 is 0 Å². The molecule has 1 fully saturated rings. The van der Waals surface area contributed by atoms with Gasteiger partial charge in [0.25, 0.3) is 0 Å². The van der Waals surface area contributed by atoms with Gasteiger partial charge in [-0.15, -0.1) is 0 Å². The number of carbonyl (C=O) groups is 1. The number of furan rings is 1. The molecule has 1 aromatic rings. The molecule has 5 heteroatoms. The number of β-lactam (4-membered cyclic amide) rings is 1. The van der Waals surface area contributed by atoms with Gasteiger partial charge in [0.15, 0.2) is 0 Å². The lowest BCUT2D eigenvalue weighted by molar-refractivity contribution is -0.197. The summed E-state index contributed by atoms with van der Waals surface area (Å²) in [6.07, 6.45) is 2.13. The first-order valence-electron chi connectivity index (χ1n) is 6.70. The highest BCUT2D eigenvalue weighted by Gasteiger charge is 2.45. The van der Waals surface area contributed by atoms with Crippen molar-refractivity contribution >= 4 is 14.2 Å². The summed E-state index contributed by atoms with van der Waals surface area (Å²) in [6, 6.07) is 6.84. The molecule has 0 spiro atoms. The van der Waals surface area contributed by atoms with Crippen LogP contribution in [0.1, 0.15) is 39.0 Å². The van der Waals surface area contributed by atoms with Crippen molar-refractivity contribution in [2.24, 2.45) is 0 Å². The number of nitrogens with zero attached hydrogens (tertiary/aromatic N) is 1. The third-order valence-electron chi connectivity index (χ3n) is 3.99. The second-order valence-corrected chi connectivity index (χ2v) is 9.46. The van der Waals surface area contributed by atoms with Gasteiger partial charge in [0, 0.05) is 0 Å². The number of carbonyl (C=O) groups excluding carboxylic acids is 1. The van der Waals surface area contributed by atoms with Crippen LogP contribution >= 0.6 is 0 Å². The summed E-state index contributed by atoms with van der Waals surface area (Å²) in [5, 5.41) is 1.56. The smallest absolute Gasteiger partial charge is 0.248 e. The molecule has 1 aliphatic rings. The van der Waals surface area contributed by atoms with E-state index in [9.17, 15) is 4.79 Å². The van der Waals surface area contributed by atoms with E-state index in [0.29, 0.717) is 6.42 Å². The zero-order chi connectivity index (χ0) is 13.2. The molecule has 4 nitrogen and oxygen atoms in total. The van der Waals surface area contributed by atoms with Gasteiger partial charge in [-0.05, 0) is 30.3 Å². The second kappa shape index (κ2) is 5.28. The molecule has 0 saturated carbocycles. The van der Waals surface area contributed by atoms with Gasteiger partial charge in [-0.1, -0.05) is 20.8 Å². The molecular weight excluding hydrogens is 246 g/mol. The quantitative estimate of drug-likeness (QED) is 0.585. The summed E-state index contributed by atoms with van der Waals surface area (Å²) >= 11 is 0. The minimum atomic E-state index is -1.78. The summed E-state index contributed by atoms with van der Waals surface area (Å²) < 4.78 is 11.5. The Bertz CT molecular complexity index is 392. The molecule has 0 radical (unpaired) electrons.